The first-order valence-corrected chi connectivity index (χ1v) is 19.0. The number of fused-ring (bicyclic) bond motifs is 2. The molecule has 0 unspecified atom stereocenters. The number of aromatic nitrogens is 2. The van der Waals surface area contributed by atoms with Gasteiger partial charge in [-0.05, 0) is 135 Å². The third-order valence-electron chi connectivity index (χ3n) is 9.55. The second-order valence-corrected chi connectivity index (χ2v) is 14.1. The summed E-state index contributed by atoms with van der Waals surface area (Å²) in [5, 5.41) is 13.1. The smallest absolute Gasteiger partial charge is 0.137 e. The summed E-state index contributed by atoms with van der Waals surface area (Å²) in [7, 11) is 0. The lowest BCUT2D eigenvalue weighted by molar-refractivity contribution is 0.210. The van der Waals surface area contributed by atoms with Crippen LogP contribution in [0.4, 0.5) is 11.6 Å². The van der Waals surface area contributed by atoms with Crippen molar-refractivity contribution >= 4 is 49.4 Å². The number of aryl methyl sites for hydroxylation is 2. The van der Waals surface area contributed by atoms with Crippen LogP contribution in [-0.4, -0.2) is 66.3 Å². The Morgan fingerprint density at radius 2 is 1.20 bits per heavy atom. The Morgan fingerprint density at radius 1 is 0.720 bits per heavy atom. The lowest BCUT2D eigenvalue weighted by Crippen LogP contribution is -2.38. The number of piperidine rings is 2. The number of nitrogens with zero attached hydrogens (tertiary/aromatic N) is 3. The quantitative estimate of drug-likeness (QED) is 0.131. The number of hydrogen-bond acceptors (Lipinski definition) is 8. The summed E-state index contributed by atoms with van der Waals surface area (Å²) in [6, 6.07) is 26.2. The predicted octanol–water partition coefficient (Wildman–Crippen LogP) is 8.89. The van der Waals surface area contributed by atoms with Gasteiger partial charge in [0.05, 0.1) is 24.2 Å². The lowest BCUT2D eigenvalue weighted by Gasteiger charge is -2.33. The van der Waals surface area contributed by atoms with Crippen molar-refractivity contribution < 1.29 is 9.47 Å². The number of benzene rings is 3. The zero-order valence-electron chi connectivity index (χ0n) is 29.9. The number of para-hydroxylation sites is 2. The predicted molar refractivity (Wildman–Crippen MR) is 211 cm³/mol. The standard InChI is InChI=1S/C26H32BrN3O2.C15H19N3/c1-4-31-23-15-19(16-24(26(23)27)32-5-2)17-30-12-10-20(11-13-30)28-25-14-18(3)21-8-6-7-9-22(21)29-25;1-11-10-15(17-12-6-8-16-9-7-12)18-14-5-3-2-4-13(11)14/h6-9,14-16,20H,4-5,10-13,17H2,1-3H3,(H,28,29);2-5,10,12,16H,6-9H2,1H3,(H,17,18). The maximum atomic E-state index is 5.81. The van der Waals surface area contributed by atoms with E-state index in [0.717, 1.165) is 84.2 Å². The van der Waals surface area contributed by atoms with E-state index < -0.39 is 0 Å². The molecule has 0 amide bonds. The summed E-state index contributed by atoms with van der Waals surface area (Å²) in [5.41, 5.74) is 5.91. The Morgan fingerprint density at radius 3 is 1.70 bits per heavy atom. The van der Waals surface area contributed by atoms with Crippen molar-refractivity contribution in [3.63, 3.8) is 0 Å². The number of pyridine rings is 2. The van der Waals surface area contributed by atoms with Crippen LogP contribution in [0.5, 0.6) is 11.5 Å². The molecule has 4 heterocycles. The van der Waals surface area contributed by atoms with Crippen molar-refractivity contribution in [2.75, 3.05) is 50.0 Å². The Bertz CT molecular complexity index is 1840. The fourth-order valence-electron chi connectivity index (χ4n) is 6.96. The molecule has 0 spiro atoms. The van der Waals surface area contributed by atoms with Gasteiger partial charge >= 0.3 is 0 Å². The third kappa shape index (κ3) is 9.24. The zero-order chi connectivity index (χ0) is 34.9. The first kappa shape index (κ1) is 35.9. The maximum Gasteiger partial charge on any atom is 0.137 e. The lowest BCUT2D eigenvalue weighted by atomic mass is 10.0. The van der Waals surface area contributed by atoms with Gasteiger partial charge in [0.2, 0.25) is 0 Å². The minimum Gasteiger partial charge on any atom is -0.493 e. The van der Waals surface area contributed by atoms with Gasteiger partial charge in [-0.2, -0.15) is 0 Å². The highest BCUT2D eigenvalue weighted by Gasteiger charge is 2.21. The summed E-state index contributed by atoms with van der Waals surface area (Å²) in [6.07, 6.45) is 4.54. The number of rotatable bonds is 10. The normalized spacial score (nSPS) is 15.8. The molecule has 3 N–H and O–H groups in total. The molecule has 7 rings (SSSR count). The Kier molecular flexibility index (Phi) is 12.4. The summed E-state index contributed by atoms with van der Waals surface area (Å²) in [6.45, 7) is 14.8. The molecule has 0 saturated carbocycles. The van der Waals surface area contributed by atoms with Gasteiger partial charge in [-0.3, -0.25) is 4.90 Å². The van der Waals surface area contributed by atoms with E-state index in [1.807, 2.05) is 26.0 Å². The van der Waals surface area contributed by atoms with E-state index in [2.05, 4.69) is 111 Å². The molecular formula is C41H51BrN6O2. The monoisotopic (exact) mass is 738 g/mol. The minimum atomic E-state index is 0.446. The van der Waals surface area contributed by atoms with Crippen molar-refractivity contribution in [1.82, 2.24) is 20.2 Å². The number of ether oxygens (including phenoxy) is 2. The summed E-state index contributed by atoms with van der Waals surface area (Å²) >= 11 is 3.62. The van der Waals surface area contributed by atoms with Crippen LogP contribution >= 0.6 is 15.9 Å². The molecule has 264 valence electrons. The first-order chi connectivity index (χ1) is 24.4. The van der Waals surface area contributed by atoms with Crippen LogP contribution in [0.1, 0.15) is 56.2 Å². The summed E-state index contributed by atoms with van der Waals surface area (Å²) in [5.74, 6) is 3.69. The van der Waals surface area contributed by atoms with Crippen molar-refractivity contribution in [3.05, 3.63) is 94.0 Å². The minimum absolute atomic E-state index is 0.446. The van der Waals surface area contributed by atoms with E-state index >= 15 is 0 Å². The van der Waals surface area contributed by atoms with Gasteiger partial charge in [0.15, 0.2) is 0 Å². The fourth-order valence-corrected chi connectivity index (χ4v) is 7.42. The zero-order valence-corrected chi connectivity index (χ0v) is 31.5. The van der Waals surface area contributed by atoms with E-state index in [-0.39, 0.29) is 0 Å². The number of nitrogens with one attached hydrogen (secondary N) is 3. The Labute approximate surface area is 305 Å². The second kappa shape index (κ2) is 17.3. The van der Waals surface area contributed by atoms with Crippen LogP contribution in [-0.2, 0) is 6.54 Å². The molecule has 2 aliphatic heterocycles. The molecule has 3 aromatic carbocycles. The van der Waals surface area contributed by atoms with Gasteiger partial charge < -0.3 is 25.4 Å². The van der Waals surface area contributed by atoms with E-state index in [1.165, 1.54) is 40.3 Å². The average molecular weight is 740 g/mol. The highest BCUT2D eigenvalue weighted by molar-refractivity contribution is 9.10. The summed E-state index contributed by atoms with van der Waals surface area (Å²) in [4.78, 5) is 12.0. The summed E-state index contributed by atoms with van der Waals surface area (Å²) < 4.78 is 12.5. The van der Waals surface area contributed by atoms with Gasteiger partial charge in [-0.15, -0.1) is 0 Å². The van der Waals surface area contributed by atoms with Gasteiger partial charge in [-0.25, -0.2) is 9.97 Å². The van der Waals surface area contributed by atoms with Crippen molar-refractivity contribution in [2.45, 2.75) is 72.0 Å². The highest BCUT2D eigenvalue weighted by atomic mass is 79.9. The number of likely N-dealkylation sites (tertiary alicyclic amines) is 1. The van der Waals surface area contributed by atoms with Crippen LogP contribution in [0.2, 0.25) is 0 Å². The molecule has 0 aliphatic carbocycles. The molecule has 9 heteroatoms. The van der Waals surface area contributed by atoms with Gasteiger partial charge in [0.1, 0.15) is 27.6 Å². The Balaban J connectivity index is 0.000000202. The molecule has 2 saturated heterocycles. The van der Waals surface area contributed by atoms with Crippen molar-refractivity contribution in [1.29, 1.82) is 0 Å². The molecule has 2 aromatic heterocycles. The maximum absolute atomic E-state index is 5.81. The van der Waals surface area contributed by atoms with E-state index in [4.69, 9.17) is 19.4 Å². The topological polar surface area (TPSA) is 83.6 Å². The molecule has 2 aliphatic rings. The fraction of sp³-hybridized carbons (Fsp3) is 0.415. The number of hydrogen-bond donors (Lipinski definition) is 3. The molecule has 0 atom stereocenters. The number of halogens is 1. The Hall–Kier alpha value is -3.92. The van der Waals surface area contributed by atoms with E-state index in [9.17, 15) is 0 Å². The molecular weight excluding hydrogens is 688 g/mol. The molecule has 0 bridgehead atoms. The van der Waals surface area contributed by atoms with Crippen LogP contribution in [0.3, 0.4) is 0 Å². The van der Waals surface area contributed by atoms with Crippen LogP contribution in [0.25, 0.3) is 21.8 Å². The third-order valence-corrected chi connectivity index (χ3v) is 10.3. The van der Waals surface area contributed by atoms with E-state index in [0.29, 0.717) is 25.3 Å². The molecule has 8 nitrogen and oxygen atoms in total. The SMILES string of the molecule is CCOc1cc(CN2CCC(Nc3cc(C)c4ccccc4n3)CC2)cc(OCC)c1Br.Cc1cc(NC2CCNCC2)nc2ccccc12. The average Bonchev–Trinajstić information content (AvgIpc) is 3.12. The van der Waals surface area contributed by atoms with Crippen LogP contribution in [0, 0.1) is 13.8 Å². The molecule has 2 fully saturated rings. The van der Waals surface area contributed by atoms with Gasteiger partial charge in [-0.1, -0.05) is 36.4 Å². The highest BCUT2D eigenvalue weighted by Crippen LogP contribution is 2.37. The second-order valence-electron chi connectivity index (χ2n) is 13.3. The van der Waals surface area contributed by atoms with Crippen molar-refractivity contribution in [2.24, 2.45) is 0 Å². The molecule has 50 heavy (non-hydrogen) atoms. The van der Waals surface area contributed by atoms with Gasteiger partial charge in [0, 0.05) is 42.5 Å². The number of anilines is 2. The first-order valence-electron chi connectivity index (χ1n) is 18.2. The van der Waals surface area contributed by atoms with Gasteiger partial charge in [0.25, 0.3) is 0 Å². The largest absolute Gasteiger partial charge is 0.493 e. The molecule has 0 radical (unpaired) electrons. The van der Waals surface area contributed by atoms with Crippen LogP contribution in [0.15, 0.2) is 77.3 Å². The van der Waals surface area contributed by atoms with Crippen LogP contribution < -0.4 is 25.4 Å². The van der Waals surface area contributed by atoms with Crippen molar-refractivity contribution in [3.8, 4) is 11.5 Å². The molecule has 5 aromatic rings. The van der Waals surface area contributed by atoms with E-state index in [1.54, 1.807) is 0 Å².